The molecule has 0 aliphatic carbocycles. The Hall–Kier alpha value is -3.47. The standard InChI is InChI=1S/C27H20ClNO3/c28-20-13-14-24-23(15-20)27(32,26(31)29(24)17-18-7-2-1-3-8-18)16-25(30)22-12-6-10-19-9-4-5-11-21(19)22/h1-15,32H,16-17H2. The first-order valence-electron chi connectivity index (χ1n) is 10.4. The summed E-state index contributed by atoms with van der Waals surface area (Å²) in [6.45, 7) is 0.291. The predicted octanol–water partition coefficient (Wildman–Crippen LogP) is 5.50. The smallest absolute Gasteiger partial charge is 0.264 e. The summed E-state index contributed by atoms with van der Waals surface area (Å²) in [5.41, 5.74) is 0.347. The molecule has 0 radical (unpaired) electrons. The molecule has 0 aromatic heterocycles. The first-order chi connectivity index (χ1) is 15.5. The van der Waals surface area contributed by atoms with Crippen LogP contribution in [0.1, 0.15) is 27.9 Å². The number of anilines is 1. The van der Waals surface area contributed by atoms with Gasteiger partial charge in [0.15, 0.2) is 11.4 Å². The zero-order valence-corrected chi connectivity index (χ0v) is 17.9. The zero-order valence-electron chi connectivity index (χ0n) is 17.2. The van der Waals surface area contributed by atoms with Gasteiger partial charge < -0.3 is 10.0 Å². The summed E-state index contributed by atoms with van der Waals surface area (Å²) in [5.74, 6) is -0.822. The largest absolute Gasteiger partial charge is 0.375 e. The van der Waals surface area contributed by atoms with E-state index in [0.717, 1.165) is 16.3 Å². The molecular formula is C27H20ClNO3. The van der Waals surface area contributed by atoms with Crippen molar-refractivity contribution in [3.8, 4) is 0 Å². The Morgan fingerprint density at radius 2 is 1.62 bits per heavy atom. The third-order valence-electron chi connectivity index (χ3n) is 5.98. The summed E-state index contributed by atoms with van der Waals surface area (Å²) in [6, 6.07) is 27.6. The highest BCUT2D eigenvalue weighted by atomic mass is 35.5. The average Bonchev–Trinajstić information content (AvgIpc) is 3.00. The highest BCUT2D eigenvalue weighted by molar-refractivity contribution is 6.31. The molecule has 0 bridgehead atoms. The van der Waals surface area contributed by atoms with E-state index in [2.05, 4.69) is 0 Å². The van der Waals surface area contributed by atoms with Crippen LogP contribution in [-0.2, 0) is 16.9 Å². The molecule has 0 fully saturated rings. The molecule has 1 atom stereocenters. The number of carbonyl (C=O) groups is 2. The number of ketones is 1. The Labute approximate surface area is 190 Å². The van der Waals surface area contributed by atoms with Gasteiger partial charge in [-0.15, -0.1) is 0 Å². The fraction of sp³-hybridized carbons (Fsp3) is 0.111. The molecule has 1 amide bonds. The van der Waals surface area contributed by atoms with Crippen molar-refractivity contribution in [3.63, 3.8) is 0 Å². The Morgan fingerprint density at radius 1 is 0.906 bits per heavy atom. The van der Waals surface area contributed by atoms with E-state index in [4.69, 9.17) is 11.6 Å². The summed E-state index contributed by atoms with van der Waals surface area (Å²) in [7, 11) is 0. The van der Waals surface area contributed by atoms with Gasteiger partial charge in [-0.25, -0.2) is 0 Å². The first kappa shape index (κ1) is 20.4. The Kier molecular flexibility index (Phi) is 5.04. The predicted molar refractivity (Wildman–Crippen MR) is 126 cm³/mol. The minimum Gasteiger partial charge on any atom is -0.375 e. The molecular weight excluding hydrogens is 422 g/mol. The van der Waals surface area contributed by atoms with Crippen molar-refractivity contribution in [1.29, 1.82) is 0 Å². The SMILES string of the molecule is O=C(CC1(O)C(=O)N(Cc2ccccc2)c2ccc(Cl)cc21)c1cccc2ccccc12. The van der Waals surface area contributed by atoms with Gasteiger partial charge in [-0.05, 0) is 34.5 Å². The van der Waals surface area contributed by atoms with Crippen LogP contribution >= 0.6 is 11.6 Å². The van der Waals surface area contributed by atoms with E-state index in [1.54, 1.807) is 24.3 Å². The van der Waals surface area contributed by atoms with Crippen LogP contribution in [0.3, 0.4) is 0 Å². The molecule has 1 unspecified atom stereocenters. The molecule has 5 heteroatoms. The van der Waals surface area contributed by atoms with Crippen molar-refractivity contribution in [3.05, 3.63) is 113 Å². The van der Waals surface area contributed by atoms with Gasteiger partial charge in [0.05, 0.1) is 18.7 Å². The number of hydrogen-bond donors (Lipinski definition) is 1. The van der Waals surface area contributed by atoms with Crippen molar-refractivity contribution in [2.24, 2.45) is 0 Å². The van der Waals surface area contributed by atoms with E-state index in [1.165, 1.54) is 4.90 Å². The Balaban J connectivity index is 1.55. The number of nitrogens with zero attached hydrogens (tertiary/aromatic N) is 1. The van der Waals surface area contributed by atoms with Crippen LogP contribution in [0, 0.1) is 0 Å². The molecule has 1 N–H and O–H groups in total. The van der Waals surface area contributed by atoms with Gasteiger partial charge in [0.1, 0.15) is 0 Å². The summed E-state index contributed by atoms with van der Waals surface area (Å²) >= 11 is 6.21. The zero-order chi connectivity index (χ0) is 22.3. The van der Waals surface area contributed by atoms with Crippen LogP contribution in [0.2, 0.25) is 5.02 Å². The second-order valence-electron chi connectivity index (χ2n) is 8.03. The molecule has 5 rings (SSSR count). The lowest BCUT2D eigenvalue weighted by Crippen LogP contribution is -2.41. The lowest BCUT2D eigenvalue weighted by Gasteiger charge is -2.23. The molecule has 4 aromatic rings. The number of fused-ring (bicyclic) bond motifs is 2. The maximum atomic E-state index is 13.5. The molecule has 0 saturated heterocycles. The molecule has 0 saturated carbocycles. The van der Waals surface area contributed by atoms with Crippen LogP contribution in [0.5, 0.6) is 0 Å². The second kappa shape index (κ2) is 7.90. The molecule has 1 heterocycles. The van der Waals surface area contributed by atoms with Crippen molar-refractivity contribution in [1.82, 2.24) is 0 Å². The summed E-state index contributed by atoms with van der Waals surface area (Å²) in [5, 5.41) is 13.7. The van der Waals surface area contributed by atoms with E-state index in [1.807, 2.05) is 66.7 Å². The van der Waals surface area contributed by atoms with E-state index < -0.39 is 11.5 Å². The number of carbonyl (C=O) groups excluding carboxylic acids is 2. The highest BCUT2D eigenvalue weighted by Crippen LogP contribution is 2.45. The molecule has 158 valence electrons. The van der Waals surface area contributed by atoms with E-state index in [-0.39, 0.29) is 12.2 Å². The lowest BCUT2D eigenvalue weighted by molar-refractivity contribution is -0.136. The monoisotopic (exact) mass is 441 g/mol. The summed E-state index contributed by atoms with van der Waals surface area (Å²) < 4.78 is 0. The molecule has 1 aliphatic rings. The summed E-state index contributed by atoms with van der Waals surface area (Å²) in [4.78, 5) is 28.4. The van der Waals surface area contributed by atoms with Crippen molar-refractivity contribution in [2.45, 2.75) is 18.6 Å². The van der Waals surface area contributed by atoms with Gasteiger partial charge in [-0.1, -0.05) is 84.4 Å². The van der Waals surface area contributed by atoms with Gasteiger partial charge in [0, 0.05) is 16.1 Å². The van der Waals surface area contributed by atoms with Gasteiger partial charge in [0.2, 0.25) is 0 Å². The minimum atomic E-state index is -1.98. The fourth-order valence-corrected chi connectivity index (χ4v) is 4.58. The second-order valence-corrected chi connectivity index (χ2v) is 8.46. The van der Waals surface area contributed by atoms with Crippen LogP contribution in [-0.4, -0.2) is 16.8 Å². The lowest BCUT2D eigenvalue weighted by atomic mass is 9.87. The molecule has 1 aliphatic heterocycles. The topological polar surface area (TPSA) is 57.6 Å². The van der Waals surface area contributed by atoms with Gasteiger partial charge >= 0.3 is 0 Å². The Bertz CT molecular complexity index is 1350. The highest BCUT2D eigenvalue weighted by Gasteiger charge is 2.51. The van der Waals surface area contributed by atoms with E-state index in [9.17, 15) is 14.7 Å². The molecule has 32 heavy (non-hydrogen) atoms. The van der Waals surface area contributed by atoms with Crippen LogP contribution in [0.4, 0.5) is 5.69 Å². The third-order valence-corrected chi connectivity index (χ3v) is 6.22. The molecule has 0 spiro atoms. The van der Waals surface area contributed by atoms with E-state index in [0.29, 0.717) is 28.4 Å². The van der Waals surface area contributed by atoms with Gasteiger partial charge in [0.25, 0.3) is 5.91 Å². The van der Waals surface area contributed by atoms with E-state index >= 15 is 0 Å². The van der Waals surface area contributed by atoms with Crippen molar-refractivity contribution in [2.75, 3.05) is 4.90 Å². The van der Waals surface area contributed by atoms with Gasteiger partial charge in [-0.2, -0.15) is 0 Å². The maximum Gasteiger partial charge on any atom is 0.264 e. The average molecular weight is 442 g/mol. The van der Waals surface area contributed by atoms with Crippen LogP contribution < -0.4 is 4.90 Å². The van der Waals surface area contributed by atoms with Crippen molar-refractivity contribution >= 4 is 39.8 Å². The number of halogens is 1. The Morgan fingerprint density at radius 3 is 2.44 bits per heavy atom. The van der Waals surface area contributed by atoms with Gasteiger partial charge in [-0.3, -0.25) is 9.59 Å². The van der Waals surface area contributed by atoms with Crippen LogP contribution in [0.25, 0.3) is 10.8 Å². The minimum absolute atomic E-state index is 0.291. The fourth-order valence-electron chi connectivity index (χ4n) is 4.41. The number of rotatable bonds is 5. The van der Waals surface area contributed by atoms with Crippen molar-refractivity contribution < 1.29 is 14.7 Å². The van der Waals surface area contributed by atoms with Crippen LogP contribution in [0.15, 0.2) is 91.0 Å². The maximum absolute atomic E-state index is 13.5. The third kappa shape index (κ3) is 3.38. The summed E-state index contributed by atoms with van der Waals surface area (Å²) in [6.07, 6.45) is -0.363. The normalized spacial score (nSPS) is 17.6. The number of hydrogen-bond acceptors (Lipinski definition) is 3. The number of benzene rings is 4. The number of Topliss-reactive ketones (excluding diaryl/α,β-unsaturated/α-hetero) is 1. The first-order valence-corrected chi connectivity index (χ1v) is 10.7. The molecule has 4 nitrogen and oxygen atoms in total. The number of amides is 1. The molecule has 4 aromatic carbocycles. The number of aliphatic hydroxyl groups is 1. The quantitative estimate of drug-likeness (QED) is 0.416.